The lowest BCUT2D eigenvalue weighted by molar-refractivity contribution is -0.139. The smallest absolute Gasteiger partial charge is 0.338 e. The van der Waals surface area contributed by atoms with Gasteiger partial charge in [0.2, 0.25) is 0 Å². The van der Waals surface area contributed by atoms with Crippen molar-refractivity contribution < 1.29 is 9.53 Å². The fraction of sp³-hybridized carbons (Fsp3) is 0.233. The first-order chi connectivity index (χ1) is 18.7. The van der Waals surface area contributed by atoms with E-state index >= 15 is 0 Å². The van der Waals surface area contributed by atoms with Crippen molar-refractivity contribution in [2.75, 3.05) is 12.9 Å². The van der Waals surface area contributed by atoms with Crippen LogP contribution in [0.3, 0.4) is 0 Å². The summed E-state index contributed by atoms with van der Waals surface area (Å²) in [4.78, 5) is 33.4. The zero-order valence-electron chi connectivity index (χ0n) is 22.3. The van der Waals surface area contributed by atoms with Gasteiger partial charge < -0.3 is 9.30 Å². The van der Waals surface area contributed by atoms with Gasteiger partial charge in [-0.3, -0.25) is 9.36 Å². The van der Waals surface area contributed by atoms with Crippen LogP contribution in [0.25, 0.3) is 11.8 Å². The van der Waals surface area contributed by atoms with E-state index < -0.39 is 12.0 Å². The van der Waals surface area contributed by atoms with Gasteiger partial charge in [0.1, 0.15) is 0 Å². The van der Waals surface area contributed by atoms with Crippen molar-refractivity contribution in [2.45, 2.75) is 38.6 Å². The van der Waals surface area contributed by atoms with Gasteiger partial charge in [0.25, 0.3) is 5.56 Å². The Labute approximate surface area is 239 Å². The third-order valence-electron chi connectivity index (χ3n) is 6.77. The van der Waals surface area contributed by atoms with Crippen LogP contribution in [0.15, 0.2) is 80.5 Å². The molecule has 0 unspecified atom stereocenters. The highest BCUT2D eigenvalue weighted by Crippen LogP contribution is 2.32. The number of hydrogen-bond acceptors (Lipinski definition) is 6. The van der Waals surface area contributed by atoms with E-state index in [4.69, 9.17) is 16.3 Å². The second kappa shape index (κ2) is 11.0. The molecule has 39 heavy (non-hydrogen) atoms. The number of aromatic nitrogens is 2. The number of esters is 1. The third-order valence-corrected chi connectivity index (χ3v) is 8.73. The van der Waals surface area contributed by atoms with Crippen LogP contribution in [0, 0.1) is 13.8 Å². The van der Waals surface area contributed by atoms with Crippen molar-refractivity contribution in [3.8, 4) is 5.69 Å². The molecular formula is C30H28ClN3O3S2. The molecule has 2 aromatic carbocycles. The second-order valence-electron chi connectivity index (χ2n) is 9.22. The number of carbonyl (C=O) groups excluding carboxylic acids is 1. The van der Waals surface area contributed by atoms with Gasteiger partial charge in [0, 0.05) is 27.0 Å². The van der Waals surface area contributed by atoms with Crippen LogP contribution in [0.1, 0.15) is 42.4 Å². The number of thioether (sulfide) groups is 1. The molecule has 3 heterocycles. The molecule has 1 atom stereocenters. The van der Waals surface area contributed by atoms with Crippen LogP contribution in [-0.4, -0.2) is 28.0 Å². The second-order valence-corrected chi connectivity index (χ2v) is 11.5. The number of fused-ring (bicyclic) bond motifs is 1. The predicted octanol–water partition coefficient (Wildman–Crippen LogP) is 5.58. The summed E-state index contributed by atoms with van der Waals surface area (Å²) in [6.45, 7) is 7.85. The van der Waals surface area contributed by atoms with Crippen molar-refractivity contribution in [2.24, 2.45) is 4.99 Å². The Bertz CT molecular complexity index is 1800. The molecule has 0 saturated carbocycles. The van der Waals surface area contributed by atoms with Gasteiger partial charge >= 0.3 is 5.97 Å². The maximum atomic E-state index is 14.0. The molecule has 1 aliphatic heterocycles. The monoisotopic (exact) mass is 577 g/mol. The number of allylic oxidation sites excluding steroid dienone is 1. The number of nitrogens with zero attached hydrogens (tertiary/aromatic N) is 3. The summed E-state index contributed by atoms with van der Waals surface area (Å²) in [6.07, 6.45) is 3.92. The van der Waals surface area contributed by atoms with E-state index in [2.05, 4.69) is 15.6 Å². The molecule has 1 aliphatic rings. The molecule has 4 aromatic rings. The van der Waals surface area contributed by atoms with Crippen LogP contribution in [-0.2, 0) is 9.53 Å². The number of aryl methyl sites for hydroxylation is 1. The molecule has 200 valence electrons. The first kappa shape index (κ1) is 27.2. The number of carbonyl (C=O) groups is 1. The minimum Gasteiger partial charge on any atom is -0.463 e. The van der Waals surface area contributed by atoms with E-state index in [0.29, 0.717) is 25.6 Å². The van der Waals surface area contributed by atoms with Gasteiger partial charge in [-0.1, -0.05) is 41.1 Å². The predicted molar refractivity (Wildman–Crippen MR) is 159 cm³/mol. The highest BCUT2D eigenvalue weighted by Gasteiger charge is 2.33. The fourth-order valence-electron chi connectivity index (χ4n) is 4.98. The summed E-state index contributed by atoms with van der Waals surface area (Å²) >= 11 is 9.21. The van der Waals surface area contributed by atoms with Crippen molar-refractivity contribution in [3.05, 3.63) is 113 Å². The molecule has 5 rings (SSSR count). The van der Waals surface area contributed by atoms with Crippen LogP contribution in [0.4, 0.5) is 0 Å². The number of hydrogen-bond donors (Lipinski definition) is 0. The molecule has 0 saturated heterocycles. The standard InChI is InChI=1S/C30H28ClN3O3S2/c1-6-37-29(36)26-18(3)32-30-34(27(26)20-10-12-24(38-5)13-11-20)28(35)25(39-30)15-21-14-17(2)33(19(21)4)23-9-7-8-22(31)16-23/h7-16,27H,6H2,1-5H3/b25-15+/t27-/m0/s1. The fourth-order valence-corrected chi connectivity index (χ4v) is 6.61. The molecule has 0 aliphatic carbocycles. The topological polar surface area (TPSA) is 65.6 Å². The number of rotatable bonds is 6. The Morgan fingerprint density at radius 3 is 2.56 bits per heavy atom. The van der Waals surface area contributed by atoms with Crippen molar-refractivity contribution in [1.82, 2.24) is 9.13 Å². The molecule has 2 aromatic heterocycles. The van der Waals surface area contributed by atoms with Gasteiger partial charge in [-0.05, 0) is 87.6 Å². The number of benzene rings is 2. The van der Waals surface area contributed by atoms with Crippen LogP contribution >= 0.6 is 34.7 Å². The van der Waals surface area contributed by atoms with E-state index in [-0.39, 0.29) is 12.2 Å². The summed E-state index contributed by atoms with van der Waals surface area (Å²) in [5.74, 6) is -0.461. The highest BCUT2D eigenvalue weighted by atomic mass is 35.5. The molecule has 0 N–H and O–H groups in total. The van der Waals surface area contributed by atoms with Gasteiger partial charge in [-0.2, -0.15) is 0 Å². The molecule has 0 fully saturated rings. The van der Waals surface area contributed by atoms with Crippen molar-refractivity contribution in [1.29, 1.82) is 0 Å². The largest absolute Gasteiger partial charge is 0.463 e. The summed E-state index contributed by atoms with van der Waals surface area (Å²) in [5, 5.41) is 0.660. The molecule has 0 amide bonds. The molecule has 0 bridgehead atoms. The summed E-state index contributed by atoms with van der Waals surface area (Å²) in [7, 11) is 0. The van der Waals surface area contributed by atoms with Crippen molar-refractivity contribution >= 4 is 46.7 Å². The van der Waals surface area contributed by atoms with E-state index in [0.717, 1.165) is 33.1 Å². The Kier molecular flexibility index (Phi) is 7.71. The van der Waals surface area contributed by atoms with Gasteiger partial charge in [0.05, 0.1) is 28.5 Å². The Balaban J connectivity index is 1.69. The van der Waals surface area contributed by atoms with Crippen molar-refractivity contribution in [3.63, 3.8) is 0 Å². The highest BCUT2D eigenvalue weighted by molar-refractivity contribution is 7.98. The van der Waals surface area contributed by atoms with E-state index in [1.165, 1.54) is 11.3 Å². The summed E-state index contributed by atoms with van der Waals surface area (Å²) in [5.41, 5.74) is 5.48. The molecule has 9 heteroatoms. The van der Waals surface area contributed by atoms with Gasteiger partial charge in [-0.15, -0.1) is 11.8 Å². The van der Waals surface area contributed by atoms with Gasteiger partial charge in [-0.25, -0.2) is 9.79 Å². The third kappa shape index (κ3) is 5.04. The minimum atomic E-state index is -0.628. The minimum absolute atomic E-state index is 0.195. The molecular weight excluding hydrogens is 550 g/mol. The SMILES string of the molecule is CCOC(=O)C1=C(C)N=c2s/c(=C/c3cc(C)n(-c4cccc(Cl)c4)c3C)c(=O)n2[C@H]1c1ccc(SC)cc1. The maximum absolute atomic E-state index is 14.0. The lowest BCUT2D eigenvalue weighted by Crippen LogP contribution is -2.39. The average molecular weight is 578 g/mol. The maximum Gasteiger partial charge on any atom is 0.338 e. The lowest BCUT2D eigenvalue weighted by atomic mass is 9.96. The summed E-state index contributed by atoms with van der Waals surface area (Å²) in [6, 6.07) is 17.0. The van der Waals surface area contributed by atoms with Crippen LogP contribution in [0.5, 0.6) is 0 Å². The zero-order chi connectivity index (χ0) is 27.8. The van der Waals surface area contributed by atoms with Gasteiger partial charge in [0.15, 0.2) is 4.80 Å². The summed E-state index contributed by atoms with van der Waals surface area (Å²) < 4.78 is 9.68. The number of halogens is 1. The lowest BCUT2D eigenvalue weighted by Gasteiger charge is -2.24. The molecule has 6 nitrogen and oxygen atoms in total. The Morgan fingerprint density at radius 2 is 1.90 bits per heavy atom. The van der Waals surface area contributed by atoms with E-state index in [1.54, 1.807) is 30.2 Å². The van der Waals surface area contributed by atoms with E-state index in [9.17, 15) is 9.59 Å². The zero-order valence-corrected chi connectivity index (χ0v) is 24.7. The van der Waals surface area contributed by atoms with Crippen LogP contribution < -0.4 is 14.9 Å². The Hall–Kier alpha value is -3.33. The first-order valence-corrected chi connectivity index (χ1v) is 14.9. The average Bonchev–Trinajstić information content (AvgIpc) is 3.37. The van der Waals surface area contributed by atoms with E-state index in [1.807, 2.05) is 74.7 Å². The number of ether oxygens (including phenoxy) is 1. The first-order valence-electron chi connectivity index (χ1n) is 12.5. The molecule has 0 spiro atoms. The normalized spacial score (nSPS) is 15.3. The quantitative estimate of drug-likeness (QED) is 0.222. The number of thiazole rings is 1. The Morgan fingerprint density at radius 1 is 1.15 bits per heavy atom. The molecule has 0 radical (unpaired) electrons. The van der Waals surface area contributed by atoms with Crippen LogP contribution in [0.2, 0.25) is 5.02 Å².